The first-order valence-corrected chi connectivity index (χ1v) is 3.00. The minimum atomic E-state index is -2.77. The second-order valence-electron chi connectivity index (χ2n) is 1.03. The Kier molecular flexibility index (Phi) is 7.46. The molecule has 0 aliphatic carbocycles. The van der Waals surface area contributed by atoms with E-state index in [9.17, 15) is 8.42 Å². The fraction of sp³-hybridized carbons (Fsp3) is 0.333. The third-order valence-corrected chi connectivity index (χ3v) is 1.24. The Morgan fingerprint density at radius 2 is 2.11 bits per heavy atom. The Labute approximate surface area is 66.5 Å². The number of nitrogens with zero attached hydrogens (tertiary/aromatic N) is 1. The van der Waals surface area contributed by atoms with Gasteiger partial charge in [0.2, 0.25) is 0 Å². The van der Waals surface area contributed by atoms with Crippen molar-refractivity contribution in [1.29, 1.82) is 10.7 Å². The summed E-state index contributed by atoms with van der Waals surface area (Å²) in [6.07, 6.45) is 0.589. The van der Waals surface area contributed by atoms with Crippen molar-refractivity contribution in [1.82, 2.24) is 0 Å². The third kappa shape index (κ3) is 4.23. The van der Waals surface area contributed by atoms with Crippen LogP contribution in [0.4, 0.5) is 0 Å². The molecule has 0 saturated carbocycles. The molecule has 0 fully saturated rings. The summed E-state index contributed by atoms with van der Waals surface area (Å²) in [6.45, 7) is 0. The minimum absolute atomic E-state index is 0. The summed E-state index contributed by atoms with van der Waals surface area (Å²) < 4.78 is 19.6. The second-order valence-corrected chi connectivity index (χ2v) is 2.15. The molecule has 9 heavy (non-hydrogen) atoms. The van der Waals surface area contributed by atoms with Crippen LogP contribution >= 0.6 is 0 Å². The predicted molar refractivity (Wildman–Crippen MR) is 35.6 cm³/mol. The van der Waals surface area contributed by atoms with Gasteiger partial charge in [0, 0.05) is 6.21 Å². The van der Waals surface area contributed by atoms with Crippen LogP contribution < -0.4 is 0 Å². The first-order valence-electron chi connectivity index (χ1n) is 1.76. The van der Waals surface area contributed by atoms with E-state index >= 15 is 0 Å². The van der Waals surface area contributed by atoms with E-state index in [1.807, 2.05) is 0 Å². The number of nitriles is 1. The van der Waals surface area contributed by atoms with Gasteiger partial charge in [0.1, 0.15) is 0 Å². The van der Waals surface area contributed by atoms with Crippen LogP contribution in [0.3, 0.4) is 0 Å². The summed E-state index contributed by atoms with van der Waals surface area (Å²) in [5, 5.41) is 13.0. The fourth-order valence-corrected chi connectivity index (χ4v) is 0.361. The number of hydrogen-bond acceptors (Lipinski definition) is 4. The first-order chi connectivity index (χ1) is 3.72. The molecule has 0 rings (SSSR count). The van der Waals surface area contributed by atoms with Crippen molar-refractivity contribution < 1.29 is 8.42 Å². The molecule has 0 heterocycles. The number of nitrogens with one attached hydrogen (secondary N) is 1. The third-order valence-electron chi connectivity index (χ3n) is 0.517. The zero-order valence-electron chi connectivity index (χ0n) is 3.87. The van der Waals surface area contributed by atoms with Gasteiger partial charge in [-0.25, -0.2) is 8.42 Å². The molecule has 6 heteroatoms. The van der Waals surface area contributed by atoms with E-state index in [0.717, 1.165) is 0 Å². The van der Waals surface area contributed by atoms with Crippen molar-refractivity contribution >= 4 is 35.8 Å². The molecule has 0 spiro atoms. The average Bonchev–Trinajstić information content (AvgIpc) is 1.69. The summed E-state index contributed by atoms with van der Waals surface area (Å²) in [5.41, 5.74) is 0. The molecule has 0 amide bonds. The summed E-state index contributed by atoms with van der Waals surface area (Å²) in [6, 6.07) is 1.41. The van der Waals surface area contributed by atoms with E-state index in [2.05, 4.69) is 0 Å². The number of thiol groups is 1. The van der Waals surface area contributed by atoms with Gasteiger partial charge < -0.3 is 5.41 Å². The summed E-state index contributed by atoms with van der Waals surface area (Å²) in [4.78, 5) is 0. The van der Waals surface area contributed by atoms with Crippen LogP contribution in [0, 0.1) is 16.7 Å². The fourth-order valence-electron chi connectivity index (χ4n) is 0.145. The van der Waals surface area contributed by atoms with Crippen molar-refractivity contribution in [3.8, 4) is 6.07 Å². The van der Waals surface area contributed by atoms with Gasteiger partial charge in [0.25, 0.3) is 0 Å². The molecular weight excluding hydrogens is 135 g/mol. The van der Waals surface area contributed by atoms with Crippen molar-refractivity contribution in [3.63, 3.8) is 0 Å². The van der Waals surface area contributed by atoms with Gasteiger partial charge in [0.15, 0.2) is 16.0 Å². The van der Waals surface area contributed by atoms with Gasteiger partial charge in [-0.3, -0.25) is 0 Å². The Hall–Kier alpha value is -0.293. The van der Waals surface area contributed by atoms with Gasteiger partial charge in [0.05, 0.1) is 6.07 Å². The van der Waals surface area contributed by atoms with E-state index in [1.165, 1.54) is 6.07 Å². The molecule has 1 N–H and O–H groups in total. The van der Waals surface area contributed by atoms with Crippen LogP contribution in [0.5, 0.6) is 0 Å². The predicted octanol–water partition coefficient (Wildman–Crippen LogP) is -1.51. The molecule has 0 aromatic heterocycles. The van der Waals surface area contributed by atoms with Gasteiger partial charge in [-0.2, -0.15) is 5.26 Å². The van der Waals surface area contributed by atoms with E-state index in [0.29, 0.717) is 6.21 Å². The van der Waals surface area contributed by atoms with Gasteiger partial charge in [-0.1, -0.05) is 0 Å². The maximum absolute atomic E-state index is 9.82. The topological polar surface area (TPSA) is 81.8 Å². The molecule has 0 aliphatic heterocycles. The number of rotatable bonds is 2. The molecule has 0 aromatic rings. The summed E-state index contributed by atoms with van der Waals surface area (Å²) in [7, 11) is -2.77. The standard InChI is InChI=1S/C3H4N2O2S.Li.H/c4-1-3(2-5)8(6)7;;/h1,3-4,8H;;. The van der Waals surface area contributed by atoms with Crippen molar-refractivity contribution in [2.45, 2.75) is 5.25 Å². The molecule has 0 radical (unpaired) electrons. The second kappa shape index (κ2) is 5.84. The molecule has 0 saturated heterocycles. The van der Waals surface area contributed by atoms with Crippen LogP contribution in [0.25, 0.3) is 0 Å². The van der Waals surface area contributed by atoms with Gasteiger partial charge in [-0.05, 0) is 0 Å². The Morgan fingerprint density at radius 3 is 2.11 bits per heavy atom. The van der Waals surface area contributed by atoms with E-state index < -0.39 is 16.0 Å². The van der Waals surface area contributed by atoms with Crippen LogP contribution in [0.15, 0.2) is 0 Å². The molecule has 1 atom stereocenters. The Balaban J connectivity index is 0. The molecule has 0 bridgehead atoms. The maximum atomic E-state index is 9.82. The van der Waals surface area contributed by atoms with Crippen molar-refractivity contribution in [3.05, 3.63) is 0 Å². The van der Waals surface area contributed by atoms with Crippen molar-refractivity contribution in [2.24, 2.45) is 0 Å². The van der Waals surface area contributed by atoms with E-state index in [-0.39, 0.29) is 18.9 Å². The Bertz CT molecular complexity index is 186. The molecule has 4 nitrogen and oxygen atoms in total. The first kappa shape index (κ1) is 11.5. The SMILES string of the molecule is N#CC(C=N)[SH](=O)=O.[LiH]. The van der Waals surface area contributed by atoms with E-state index in [4.69, 9.17) is 10.7 Å². The quantitative estimate of drug-likeness (QED) is 0.278. The van der Waals surface area contributed by atoms with Crippen molar-refractivity contribution in [2.75, 3.05) is 0 Å². The molecule has 1 unspecified atom stereocenters. The zero-order valence-corrected chi connectivity index (χ0v) is 4.76. The molecular formula is C3H5LiN2O2S. The summed E-state index contributed by atoms with van der Waals surface area (Å²) >= 11 is 0. The van der Waals surface area contributed by atoms with Crippen LogP contribution in [0.2, 0.25) is 0 Å². The van der Waals surface area contributed by atoms with Gasteiger partial charge >= 0.3 is 18.9 Å². The molecule has 46 valence electrons. The molecule has 0 aromatic carbocycles. The van der Waals surface area contributed by atoms with Crippen LogP contribution in [-0.4, -0.2) is 38.7 Å². The average molecular weight is 140 g/mol. The van der Waals surface area contributed by atoms with Crippen LogP contribution in [0.1, 0.15) is 0 Å². The van der Waals surface area contributed by atoms with Crippen LogP contribution in [-0.2, 0) is 10.7 Å². The van der Waals surface area contributed by atoms with Gasteiger partial charge in [-0.15, -0.1) is 0 Å². The Morgan fingerprint density at radius 1 is 1.67 bits per heavy atom. The number of hydrogen-bond donors (Lipinski definition) is 2. The monoisotopic (exact) mass is 140 g/mol. The molecule has 0 aliphatic rings. The zero-order chi connectivity index (χ0) is 6.57. The van der Waals surface area contributed by atoms with E-state index in [1.54, 1.807) is 0 Å². The summed E-state index contributed by atoms with van der Waals surface area (Å²) in [5.74, 6) is 0. The normalized spacial score (nSPS) is 11.1.